The number of nitrogens with zero attached hydrogens (tertiary/aromatic N) is 2. The Kier molecular flexibility index (Phi) is 6.32. The van der Waals surface area contributed by atoms with E-state index >= 15 is 0 Å². The molecule has 2 aliphatic rings. The Morgan fingerprint density at radius 3 is 2.52 bits per heavy atom. The number of amides is 4. The summed E-state index contributed by atoms with van der Waals surface area (Å²) in [5.41, 5.74) is -0.736. The smallest absolute Gasteiger partial charge is 0.327 e. The van der Waals surface area contributed by atoms with Gasteiger partial charge < -0.3 is 10.2 Å². The van der Waals surface area contributed by atoms with Crippen LogP contribution < -0.4 is 5.32 Å². The molecular weight excluding hydrogens is 386 g/mol. The number of benzene rings is 1. The largest absolute Gasteiger partial charge is 0.354 e. The molecule has 4 amide bonds. The number of rotatable bonds is 6. The lowest BCUT2D eigenvalue weighted by molar-refractivity contribution is -0.137. The normalized spacial score (nSPS) is 19.0. The maximum absolute atomic E-state index is 12.8. The average molecular weight is 410 g/mol. The Morgan fingerprint density at radius 1 is 1.19 bits per heavy atom. The van der Waals surface area contributed by atoms with Crippen LogP contribution in [-0.4, -0.2) is 59.1 Å². The van der Waals surface area contributed by atoms with E-state index in [2.05, 4.69) is 5.32 Å². The van der Waals surface area contributed by atoms with Crippen molar-refractivity contribution in [2.75, 3.05) is 25.9 Å². The lowest BCUT2D eigenvalue weighted by Gasteiger charge is -2.35. The highest BCUT2D eigenvalue weighted by atomic mass is 35.5. The third kappa shape index (κ3) is 4.24. The second kappa shape index (κ2) is 8.52. The summed E-state index contributed by atoms with van der Waals surface area (Å²) in [7, 11) is 1.67. The molecular formula is C19H24ClN3O3S. The standard InChI is InChI=1S/C19H24ClN3O3S/c1-22-18(26)23(17(25)19(22)9-3-2-4-10-19)13-16(24)21-11-12-27-15-7-5-14(20)6-8-15/h5-8H,2-4,9-13H2,1H3,(H,21,24). The zero-order chi connectivity index (χ0) is 19.4. The molecule has 27 heavy (non-hydrogen) atoms. The summed E-state index contributed by atoms with van der Waals surface area (Å²) in [4.78, 5) is 41.3. The molecule has 1 saturated heterocycles. The van der Waals surface area contributed by atoms with Crippen LogP contribution in [0.4, 0.5) is 4.79 Å². The van der Waals surface area contributed by atoms with Crippen molar-refractivity contribution in [3.8, 4) is 0 Å². The molecule has 1 heterocycles. The predicted molar refractivity (Wildman–Crippen MR) is 106 cm³/mol. The van der Waals surface area contributed by atoms with Crippen molar-refractivity contribution in [2.24, 2.45) is 0 Å². The van der Waals surface area contributed by atoms with E-state index in [9.17, 15) is 14.4 Å². The van der Waals surface area contributed by atoms with Gasteiger partial charge in [0.1, 0.15) is 12.1 Å². The summed E-state index contributed by atoms with van der Waals surface area (Å²) in [5, 5.41) is 3.48. The van der Waals surface area contributed by atoms with Gasteiger partial charge >= 0.3 is 6.03 Å². The van der Waals surface area contributed by atoms with Crippen LogP contribution in [0.5, 0.6) is 0 Å². The number of carbonyl (C=O) groups is 3. The lowest BCUT2D eigenvalue weighted by atomic mass is 9.81. The van der Waals surface area contributed by atoms with Gasteiger partial charge in [-0.15, -0.1) is 11.8 Å². The second-order valence-corrected chi connectivity index (χ2v) is 8.58. The molecule has 0 bridgehead atoms. The molecule has 0 unspecified atom stereocenters. The number of urea groups is 1. The molecule has 6 nitrogen and oxygen atoms in total. The monoisotopic (exact) mass is 409 g/mol. The number of likely N-dealkylation sites (N-methyl/N-ethyl adjacent to an activating group) is 1. The van der Waals surface area contributed by atoms with Crippen molar-refractivity contribution in [1.82, 2.24) is 15.1 Å². The van der Waals surface area contributed by atoms with Gasteiger partial charge in [-0.1, -0.05) is 30.9 Å². The van der Waals surface area contributed by atoms with E-state index in [-0.39, 0.29) is 24.4 Å². The van der Waals surface area contributed by atoms with Gasteiger partial charge in [0, 0.05) is 29.3 Å². The highest BCUT2D eigenvalue weighted by Gasteiger charge is 2.55. The van der Waals surface area contributed by atoms with Crippen molar-refractivity contribution in [3.63, 3.8) is 0 Å². The van der Waals surface area contributed by atoms with Crippen LogP contribution in [0.15, 0.2) is 29.2 Å². The predicted octanol–water partition coefficient (Wildman–Crippen LogP) is 3.15. The van der Waals surface area contributed by atoms with E-state index < -0.39 is 5.54 Å². The minimum atomic E-state index is -0.736. The Hall–Kier alpha value is -1.73. The van der Waals surface area contributed by atoms with Crippen LogP contribution in [0.3, 0.4) is 0 Å². The highest BCUT2D eigenvalue weighted by molar-refractivity contribution is 7.99. The molecule has 146 valence electrons. The van der Waals surface area contributed by atoms with Gasteiger partial charge in [0.05, 0.1) is 0 Å². The Labute approximate surface area is 168 Å². The number of carbonyl (C=O) groups excluding carboxylic acids is 3. The second-order valence-electron chi connectivity index (χ2n) is 6.98. The fourth-order valence-electron chi connectivity index (χ4n) is 3.76. The molecule has 1 spiro atoms. The van der Waals surface area contributed by atoms with Crippen LogP contribution in [0.25, 0.3) is 0 Å². The molecule has 1 aromatic carbocycles. The van der Waals surface area contributed by atoms with Crippen molar-refractivity contribution in [3.05, 3.63) is 29.3 Å². The molecule has 1 aromatic rings. The maximum Gasteiger partial charge on any atom is 0.327 e. The van der Waals surface area contributed by atoms with Gasteiger partial charge in [0.15, 0.2) is 0 Å². The van der Waals surface area contributed by atoms with Crippen molar-refractivity contribution in [2.45, 2.75) is 42.5 Å². The maximum atomic E-state index is 12.8. The van der Waals surface area contributed by atoms with Crippen molar-refractivity contribution in [1.29, 1.82) is 0 Å². The van der Waals surface area contributed by atoms with E-state index in [1.165, 1.54) is 4.90 Å². The van der Waals surface area contributed by atoms with E-state index in [0.717, 1.165) is 29.1 Å². The molecule has 1 saturated carbocycles. The molecule has 1 N–H and O–H groups in total. The zero-order valence-corrected chi connectivity index (χ0v) is 16.9. The molecule has 8 heteroatoms. The number of halogens is 1. The number of nitrogens with one attached hydrogen (secondary N) is 1. The van der Waals surface area contributed by atoms with E-state index in [0.29, 0.717) is 30.2 Å². The molecule has 0 aromatic heterocycles. The summed E-state index contributed by atoms with van der Waals surface area (Å²) in [6.45, 7) is 0.249. The van der Waals surface area contributed by atoms with Crippen LogP contribution in [-0.2, 0) is 9.59 Å². The first-order valence-corrected chi connectivity index (χ1v) is 10.6. The summed E-state index contributed by atoms with van der Waals surface area (Å²) >= 11 is 7.46. The highest BCUT2D eigenvalue weighted by Crippen LogP contribution is 2.39. The Morgan fingerprint density at radius 2 is 1.85 bits per heavy atom. The van der Waals surface area contributed by atoms with Gasteiger partial charge in [-0.25, -0.2) is 4.79 Å². The van der Waals surface area contributed by atoms with Crippen LogP contribution >= 0.6 is 23.4 Å². The number of hydrogen-bond donors (Lipinski definition) is 1. The molecule has 1 aliphatic carbocycles. The first kappa shape index (κ1) is 20.0. The van der Waals surface area contributed by atoms with E-state index in [4.69, 9.17) is 11.6 Å². The van der Waals surface area contributed by atoms with Crippen LogP contribution in [0.1, 0.15) is 32.1 Å². The number of hydrogen-bond acceptors (Lipinski definition) is 4. The first-order chi connectivity index (χ1) is 12.9. The van der Waals surface area contributed by atoms with Gasteiger partial charge in [-0.3, -0.25) is 14.5 Å². The van der Waals surface area contributed by atoms with Gasteiger partial charge in [-0.2, -0.15) is 0 Å². The van der Waals surface area contributed by atoms with Gasteiger partial charge in [0.2, 0.25) is 5.91 Å². The average Bonchev–Trinajstić information content (AvgIpc) is 2.84. The number of imide groups is 1. The van der Waals surface area contributed by atoms with Gasteiger partial charge in [-0.05, 0) is 37.1 Å². The molecule has 3 rings (SSSR count). The van der Waals surface area contributed by atoms with Gasteiger partial charge in [0.25, 0.3) is 5.91 Å². The third-order valence-electron chi connectivity index (χ3n) is 5.29. The van der Waals surface area contributed by atoms with E-state index in [1.54, 1.807) is 18.8 Å². The third-order valence-corrected chi connectivity index (χ3v) is 6.56. The Balaban J connectivity index is 1.48. The van der Waals surface area contributed by atoms with Crippen LogP contribution in [0.2, 0.25) is 5.02 Å². The SMILES string of the molecule is CN1C(=O)N(CC(=O)NCCSc2ccc(Cl)cc2)C(=O)C12CCCCC2. The fraction of sp³-hybridized carbons (Fsp3) is 0.526. The van der Waals surface area contributed by atoms with E-state index in [1.807, 2.05) is 24.3 Å². The molecule has 0 radical (unpaired) electrons. The Bertz CT molecular complexity index is 719. The summed E-state index contributed by atoms with van der Waals surface area (Å²) in [6.07, 6.45) is 4.33. The number of thioether (sulfide) groups is 1. The quantitative estimate of drug-likeness (QED) is 0.445. The molecule has 0 atom stereocenters. The fourth-order valence-corrected chi connectivity index (χ4v) is 4.66. The summed E-state index contributed by atoms with van der Waals surface area (Å²) in [5.74, 6) is 0.161. The lowest BCUT2D eigenvalue weighted by Crippen LogP contribution is -2.49. The minimum Gasteiger partial charge on any atom is -0.354 e. The summed E-state index contributed by atoms with van der Waals surface area (Å²) in [6, 6.07) is 7.13. The van der Waals surface area contributed by atoms with Crippen molar-refractivity contribution >= 4 is 41.2 Å². The summed E-state index contributed by atoms with van der Waals surface area (Å²) < 4.78 is 0. The van der Waals surface area contributed by atoms with Crippen molar-refractivity contribution < 1.29 is 14.4 Å². The topological polar surface area (TPSA) is 69.7 Å². The molecule has 2 fully saturated rings. The zero-order valence-electron chi connectivity index (χ0n) is 15.4. The van der Waals surface area contributed by atoms with Crippen LogP contribution in [0, 0.1) is 0 Å². The first-order valence-electron chi connectivity index (χ1n) is 9.19. The minimum absolute atomic E-state index is 0.213. The molecule has 1 aliphatic heterocycles.